The third kappa shape index (κ3) is 5.54. The van der Waals surface area contributed by atoms with Gasteiger partial charge in [0.25, 0.3) is 5.91 Å². The quantitative estimate of drug-likeness (QED) is 0.384. The third-order valence-electron chi connectivity index (χ3n) is 5.88. The van der Waals surface area contributed by atoms with Gasteiger partial charge in [0.2, 0.25) is 0 Å². The van der Waals surface area contributed by atoms with Crippen LogP contribution in [0.2, 0.25) is 5.02 Å². The first-order chi connectivity index (χ1) is 16.4. The fraction of sp³-hybridized carbons (Fsp3) is 0.269. The van der Waals surface area contributed by atoms with Crippen molar-refractivity contribution >= 4 is 35.1 Å². The molecule has 1 aliphatic rings. The van der Waals surface area contributed by atoms with Crippen molar-refractivity contribution in [1.29, 1.82) is 0 Å². The number of fused-ring (bicyclic) bond motifs is 1. The fourth-order valence-corrected chi connectivity index (χ4v) is 4.25. The summed E-state index contributed by atoms with van der Waals surface area (Å²) in [5.74, 6) is -1.38. The van der Waals surface area contributed by atoms with Gasteiger partial charge in [-0.2, -0.15) is 5.10 Å². The normalized spacial score (nSPS) is 15.3. The number of nitrogens with one attached hydrogen (secondary N) is 2. The third-order valence-corrected chi connectivity index (χ3v) is 6.13. The van der Waals surface area contributed by atoms with Gasteiger partial charge in [0, 0.05) is 17.0 Å². The van der Waals surface area contributed by atoms with Gasteiger partial charge in [-0.3, -0.25) is 9.89 Å². The molecule has 3 aromatic rings. The first kappa shape index (κ1) is 23.7. The highest BCUT2D eigenvalue weighted by molar-refractivity contribution is 6.30. The number of methoxy groups -OCH3 is 1. The van der Waals surface area contributed by atoms with Crippen LogP contribution in [-0.4, -0.2) is 35.2 Å². The van der Waals surface area contributed by atoms with Crippen molar-refractivity contribution in [2.24, 2.45) is 0 Å². The van der Waals surface area contributed by atoms with Gasteiger partial charge in [0.15, 0.2) is 0 Å². The van der Waals surface area contributed by atoms with E-state index < -0.39 is 17.9 Å². The highest BCUT2D eigenvalue weighted by atomic mass is 35.5. The number of esters is 1. The number of halogens is 2. The van der Waals surface area contributed by atoms with E-state index >= 15 is 0 Å². The first-order valence-electron chi connectivity index (χ1n) is 11.1. The number of hydrogen-bond donors (Lipinski definition) is 2. The smallest absolute Gasteiger partial charge is 0.328 e. The van der Waals surface area contributed by atoms with Crippen molar-refractivity contribution in [3.63, 3.8) is 0 Å². The number of ether oxygens (including phenoxy) is 1. The molecule has 0 unspecified atom stereocenters. The largest absolute Gasteiger partial charge is 0.467 e. The molecule has 0 fully saturated rings. The van der Waals surface area contributed by atoms with Crippen LogP contribution in [0.5, 0.6) is 0 Å². The van der Waals surface area contributed by atoms with Crippen LogP contribution in [0.4, 0.5) is 4.39 Å². The van der Waals surface area contributed by atoms with Crippen molar-refractivity contribution in [3.05, 3.63) is 87.4 Å². The van der Waals surface area contributed by atoms with Crippen LogP contribution < -0.4 is 5.32 Å². The zero-order valence-corrected chi connectivity index (χ0v) is 19.5. The molecule has 0 bridgehead atoms. The second kappa shape index (κ2) is 10.7. The van der Waals surface area contributed by atoms with Gasteiger partial charge < -0.3 is 10.1 Å². The summed E-state index contributed by atoms with van der Waals surface area (Å²) in [4.78, 5) is 25.5. The summed E-state index contributed by atoms with van der Waals surface area (Å²) in [6.07, 6.45) is 5.68. The van der Waals surface area contributed by atoms with Gasteiger partial charge in [-0.1, -0.05) is 35.9 Å². The maximum Gasteiger partial charge on any atom is 0.328 e. The molecular formula is C26H25ClFN3O3. The van der Waals surface area contributed by atoms with E-state index in [4.69, 9.17) is 16.3 Å². The maximum atomic E-state index is 13.2. The maximum absolute atomic E-state index is 13.2. The van der Waals surface area contributed by atoms with Crippen LogP contribution in [0.25, 0.3) is 11.6 Å². The van der Waals surface area contributed by atoms with Crippen molar-refractivity contribution in [1.82, 2.24) is 15.5 Å². The molecule has 8 heteroatoms. The Bertz CT molecular complexity index is 1200. The lowest BCUT2D eigenvalue weighted by atomic mass is 10.0. The van der Waals surface area contributed by atoms with Crippen molar-refractivity contribution in [3.8, 4) is 0 Å². The Morgan fingerprint density at radius 2 is 1.85 bits per heavy atom. The van der Waals surface area contributed by atoms with Crippen LogP contribution in [0.1, 0.15) is 52.1 Å². The molecule has 1 amide bonds. The van der Waals surface area contributed by atoms with Gasteiger partial charge in [0.05, 0.1) is 12.8 Å². The van der Waals surface area contributed by atoms with Crippen molar-refractivity contribution < 1.29 is 18.7 Å². The Morgan fingerprint density at radius 3 is 2.56 bits per heavy atom. The van der Waals surface area contributed by atoms with Crippen LogP contribution >= 0.6 is 11.6 Å². The molecule has 1 heterocycles. The number of aromatic nitrogens is 2. The first-order valence-corrected chi connectivity index (χ1v) is 11.5. The summed E-state index contributed by atoms with van der Waals surface area (Å²) in [5, 5.41) is 10.8. The van der Waals surface area contributed by atoms with Gasteiger partial charge in [-0.05, 0) is 72.7 Å². The zero-order chi connectivity index (χ0) is 24.1. The molecule has 0 radical (unpaired) electrons. The molecule has 1 aliphatic carbocycles. The number of benzene rings is 2. The van der Waals surface area contributed by atoms with Crippen LogP contribution in [0, 0.1) is 5.82 Å². The Labute approximate surface area is 202 Å². The Kier molecular flexibility index (Phi) is 7.43. The van der Waals surface area contributed by atoms with Gasteiger partial charge in [-0.15, -0.1) is 0 Å². The Morgan fingerprint density at radius 1 is 1.15 bits per heavy atom. The summed E-state index contributed by atoms with van der Waals surface area (Å²) in [7, 11) is 1.27. The molecular weight excluding hydrogens is 457 g/mol. The average Bonchev–Trinajstić information content (AvgIpc) is 3.17. The summed E-state index contributed by atoms with van der Waals surface area (Å²) in [6, 6.07) is 12.4. The predicted octanol–water partition coefficient (Wildman–Crippen LogP) is 4.98. The van der Waals surface area contributed by atoms with E-state index in [2.05, 4.69) is 21.6 Å². The molecule has 176 valence electrons. The topological polar surface area (TPSA) is 84.1 Å². The van der Waals surface area contributed by atoms with Crippen LogP contribution in [0.15, 0.2) is 48.5 Å². The summed E-state index contributed by atoms with van der Waals surface area (Å²) < 4.78 is 18.1. The summed E-state index contributed by atoms with van der Waals surface area (Å²) >= 11 is 6.00. The second-order valence-electron chi connectivity index (χ2n) is 8.23. The minimum Gasteiger partial charge on any atom is -0.467 e. The molecule has 1 atom stereocenters. The molecule has 0 aliphatic heterocycles. The number of rotatable bonds is 6. The van der Waals surface area contributed by atoms with Gasteiger partial charge >= 0.3 is 5.97 Å². The molecule has 1 aromatic heterocycles. The number of allylic oxidation sites excluding steroid dienone is 1. The highest BCUT2D eigenvalue weighted by Crippen LogP contribution is 2.32. The van der Waals surface area contributed by atoms with Crippen LogP contribution in [0.3, 0.4) is 0 Å². The molecule has 2 aromatic carbocycles. The SMILES string of the molecule is COC(=O)[C@@H](Cc1ccc(F)cc1)NC(=O)c1[nH]nc2c1CCCC/C2=C\c1ccc(Cl)cc1. The summed E-state index contributed by atoms with van der Waals surface area (Å²) in [5.41, 5.74) is 4.69. The molecule has 34 heavy (non-hydrogen) atoms. The number of carbonyl (C=O) groups excluding carboxylic acids is 2. The lowest BCUT2D eigenvalue weighted by Crippen LogP contribution is -2.43. The fourth-order valence-electron chi connectivity index (χ4n) is 4.12. The van der Waals surface area contributed by atoms with E-state index in [-0.39, 0.29) is 12.2 Å². The lowest BCUT2D eigenvalue weighted by Gasteiger charge is -2.16. The minimum atomic E-state index is -0.920. The Hall–Kier alpha value is -3.45. The van der Waals surface area contributed by atoms with Gasteiger partial charge in [-0.25, -0.2) is 9.18 Å². The zero-order valence-electron chi connectivity index (χ0n) is 18.7. The Balaban J connectivity index is 1.58. The van der Waals surface area contributed by atoms with Crippen LogP contribution in [-0.2, 0) is 22.4 Å². The monoisotopic (exact) mass is 481 g/mol. The molecule has 0 saturated carbocycles. The van der Waals surface area contributed by atoms with Gasteiger partial charge in [0.1, 0.15) is 17.6 Å². The number of hydrogen-bond acceptors (Lipinski definition) is 4. The second-order valence-corrected chi connectivity index (χ2v) is 8.67. The molecule has 0 spiro atoms. The molecule has 2 N–H and O–H groups in total. The number of aromatic amines is 1. The van der Waals surface area contributed by atoms with E-state index in [0.29, 0.717) is 22.7 Å². The van der Waals surface area contributed by atoms with E-state index in [0.717, 1.165) is 41.7 Å². The van der Waals surface area contributed by atoms with Crippen molar-refractivity contribution in [2.75, 3.05) is 7.11 Å². The minimum absolute atomic E-state index is 0.177. The van der Waals surface area contributed by atoms with E-state index in [9.17, 15) is 14.0 Å². The van der Waals surface area contributed by atoms with E-state index in [1.54, 1.807) is 12.1 Å². The number of nitrogens with zero attached hydrogens (tertiary/aromatic N) is 1. The van der Waals surface area contributed by atoms with Crippen molar-refractivity contribution in [2.45, 2.75) is 38.1 Å². The molecule has 4 rings (SSSR count). The molecule has 6 nitrogen and oxygen atoms in total. The van der Waals surface area contributed by atoms with E-state index in [1.807, 2.05) is 24.3 Å². The average molecular weight is 482 g/mol. The number of amides is 1. The van der Waals surface area contributed by atoms with E-state index in [1.165, 1.54) is 19.2 Å². The number of H-pyrrole nitrogens is 1. The number of carbonyl (C=O) groups is 2. The lowest BCUT2D eigenvalue weighted by molar-refractivity contribution is -0.142. The summed E-state index contributed by atoms with van der Waals surface area (Å²) in [6.45, 7) is 0. The standard InChI is InChI=1S/C26H25ClFN3O3/c1-34-26(33)22(15-17-8-12-20(28)13-9-17)29-25(32)24-21-5-3-2-4-18(23(21)30-31-24)14-16-6-10-19(27)11-7-16/h6-14,22H,2-5,15H2,1H3,(H,29,32)(H,30,31)/b18-14+/t22-/m1/s1. The highest BCUT2D eigenvalue weighted by Gasteiger charge is 2.27. The molecule has 0 saturated heterocycles. The predicted molar refractivity (Wildman–Crippen MR) is 129 cm³/mol.